The molecular formula is C20H21FN2O2. The van der Waals surface area contributed by atoms with Crippen LogP contribution in [0.5, 0.6) is 0 Å². The van der Waals surface area contributed by atoms with Crippen molar-refractivity contribution in [1.29, 1.82) is 0 Å². The number of ether oxygens (including phenoxy) is 1. The zero-order valence-corrected chi connectivity index (χ0v) is 14.1. The molecule has 0 atom stereocenters. The van der Waals surface area contributed by atoms with Crippen LogP contribution in [-0.2, 0) is 11.3 Å². The highest BCUT2D eigenvalue weighted by Crippen LogP contribution is 2.53. The molecule has 0 radical (unpaired) electrons. The molecule has 1 aromatic carbocycles. The lowest BCUT2D eigenvalue weighted by molar-refractivity contribution is 0.0473. The number of esters is 1. The van der Waals surface area contributed by atoms with Gasteiger partial charge in [0.1, 0.15) is 18.0 Å². The van der Waals surface area contributed by atoms with Crippen LogP contribution in [0.1, 0.15) is 41.6 Å². The number of pyridine rings is 1. The molecule has 0 amide bonds. The third kappa shape index (κ3) is 3.50. The van der Waals surface area contributed by atoms with Gasteiger partial charge in [-0.25, -0.2) is 9.78 Å². The molecule has 2 aliphatic rings. The van der Waals surface area contributed by atoms with Gasteiger partial charge in [0, 0.05) is 13.1 Å². The maximum absolute atomic E-state index is 13.7. The van der Waals surface area contributed by atoms with Gasteiger partial charge >= 0.3 is 5.97 Å². The van der Waals surface area contributed by atoms with Crippen molar-refractivity contribution >= 4 is 11.8 Å². The first-order valence-electron chi connectivity index (χ1n) is 8.78. The van der Waals surface area contributed by atoms with Crippen LogP contribution in [0.15, 0.2) is 42.5 Å². The molecule has 0 N–H and O–H groups in total. The highest BCUT2D eigenvalue weighted by atomic mass is 19.1. The second kappa shape index (κ2) is 6.47. The molecule has 1 aromatic heterocycles. The Balaban J connectivity index is 1.49. The number of hydrogen-bond acceptors (Lipinski definition) is 4. The highest BCUT2D eigenvalue weighted by Gasteiger charge is 2.44. The van der Waals surface area contributed by atoms with Gasteiger partial charge in [-0.2, -0.15) is 4.39 Å². The molecule has 4 rings (SSSR count). The lowest BCUT2D eigenvalue weighted by Gasteiger charge is -2.33. The Morgan fingerprint density at radius 1 is 1.08 bits per heavy atom. The van der Waals surface area contributed by atoms with Crippen molar-refractivity contribution in [3.8, 4) is 0 Å². The zero-order chi connectivity index (χ0) is 17.3. The molecule has 0 unspecified atom stereocenters. The van der Waals surface area contributed by atoms with E-state index in [1.807, 2.05) is 35.2 Å². The lowest BCUT2D eigenvalue weighted by Crippen LogP contribution is -2.36. The summed E-state index contributed by atoms with van der Waals surface area (Å²) >= 11 is 0. The minimum atomic E-state index is -0.568. The number of benzene rings is 1. The smallest absolute Gasteiger partial charge is 0.342 e. The van der Waals surface area contributed by atoms with Gasteiger partial charge in [0.25, 0.3) is 0 Å². The van der Waals surface area contributed by atoms with Gasteiger partial charge in [0.05, 0.1) is 0 Å². The number of halogens is 1. The number of anilines is 1. The Morgan fingerprint density at radius 3 is 2.48 bits per heavy atom. The summed E-state index contributed by atoms with van der Waals surface area (Å²) in [6, 6.07) is 12.2. The fourth-order valence-electron chi connectivity index (χ4n) is 3.50. The number of piperidine rings is 1. The Morgan fingerprint density at radius 2 is 1.80 bits per heavy atom. The maximum atomic E-state index is 13.7. The SMILES string of the molecule is O=C(OCc1ccccc1)c1ccc(F)nc1N1CCC2(CC1)CC2. The van der Waals surface area contributed by atoms with Gasteiger partial charge in [0.2, 0.25) is 5.95 Å². The second-order valence-corrected chi connectivity index (χ2v) is 7.05. The van der Waals surface area contributed by atoms with E-state index in [0.717, 1.165) is 31.5 Å². The first kappa shape index (κ1) is 16.1. The predicted molar refractivity (Wildman–Crippen MR) is 92.9 cm³/mol. The Bertz CT molecular complexity index is 765. The third-order valence-electron chi connectivity index (χ3n) is 5.35. The Hall–Kier alpha value is -2.43. The van der Waals surface area contributed by atoms with E-state index in [9.17, 15) is 9.18 Å². The summed E-state index contributed by atoms with van der Waals surface area (Å²) in [5.74, 6) is -0.618. The van der Waals surface area contributed by atoms with Crippen molar-refractivity contribution in [2.45, 2.75) is 32.3 Å². The van der Waals surface area contributed by atoms with Gasteiger partial charge in [-0.05, 0) is 48.8 Å². The van der Waals surface area contributed by atoms with Crippen LogP contribution >= 0.6 is 0 Å². The largest absolute Gasteiger partial charge is 0.457 e. The molecule has 2 heterocycles. The first-order valence-corrected chi connectivity index (χ1v) is 8.78. The number of hydrogen-bond donors (Lipinski definition) is 0. The Labute approximate surface area is 146 Å². The van der Waals surface area contributed by atoms with Crippen molar-refractivity contribution in [2.24, 2.45) is 5.41 Å². The lowest BCUT2D eigenvalue weighted by atomic mass is 9.93. The van der Waals surface area contributed by atoms with E-state index in [1.54, 1.807) is 0 Å². The fourth-order valence-corrected chi connectivity index (χ4v) is 3.50. The van der Waals surface area contributed by atoms with Crippen LogP contribution in [0.25, 0.3) is 0 Å². The van der Waals surface area contributed by atoms with Gasteiger partial charge in [-0.1, -0.05) is 30.3 Å². The topological polar surface area (TPSA) is 42.4 Å². The first-order chi connectivity index (χ1) is 12.2. The van der Waals surface area contributed by atoms with Crippen molar-refractivity contribution in [1.82, 2.24) is 4.98 Å². The van der Waals surface area contributed by atoms with Crippen LogP contribution < -0.4 is 4.90 Å². The van der Waals surface area contributed by atoms with Crippen LogP contribution in [0, 0.1) is 11.4 Å². The van der Waals surface area contributed by atoms with Crippen molar-refractivity contribution < 1.29 is 13.9 Å². The van der Waals surface area contributed by atoms with Gasteiger partial charge in [-0.3, -0.25) is 0 Å². The fraction of sp³-hybridized carbons (Fsp3) is 0.400. The van der Waals surface area contributed by atoms with Crippen LogP contribution in [0.2, 0.25) is 0 Å². The minimum absolute atomic E-state index is 0.194. The minimum Gasteiger partial charge on any atom is -0.457 e. The van der Waals surface area contributed by atoms with Crippen molar-refractivity contribution in [2.75, 3.05) is 18.0 Å². The van der Waals surface area contributed by atoms with Gasteiger partial charge < -0.3 is 9.64 Å². The summed E-state index contributed by atoms with van der Waals surface area (Å²) in [7, 11) is 0. The molecular weight excluding hydrogens is 319 g/mol. The average molecular weight is 340 g/mol. The zero-order valence-electron chi connectivity index (χ0n) is 14.1. The molecule has 25 heavy (non-hydrogen) atoms. The van der Waals surface area contributed by atoms with Crippen LogP contribution in [0.4, 0.5) is 10.2 Å². The van der Waals surface area contributed by atoms with Gasteiger partial charge in [-0.15, -0.1) is 0 Å². The molecule has 1 saturated carbocycles. The standard InChI is InChI=1S/C20H21FN2O2/c21-17-7-6-16(19(24)25-14-15-4-2-1-3-5-15)18(22-17)23-12-10-20(8-9-20)11-13-23/h1-7H,8-14H2. The third-order valence-corrected chi connectivity index (χ3v) is 5.35. The number of nitrogens with zero attached hydrogens (tertiary/aromatic N) is 2. The van der Waals surface area contributed by atoms with E-state index in [4.69, 9.17) is 4.74 Å². The molecule has 2 aromatic rings. The molecule has 1 saturated heterocycles. The average Bonchev–Trinajstić information content (AvgIpc) is 3.40. The number of carbonyl (C=O) groups is 1. The van der Waals surface area contributed by atoms with Crippen molar-refractivity contribution in [3.05, 3.63) is 59.5 Å². The van der Waals surface area contributed by atoms with E-state index in [0.29, 0.717) is 16.8 Å². The number of aromatic nitrogens is 1. The molecule has 5 heteroatoms. The van der Waals surface area contributed by atoms with Gasteiger partial charge in [0.15, 0.2) is 0 Å². The van der Waals surface area contributed by atoms with Crippen LogP contribution in [-0.4, -0.2) is 24.0 Å². The highest BCUT2D eigenvalue weighted by molar-refractivity contribution is 5.94. The molecule has 1 spiro atoms. The quantitative estimate of drug-likeness (QED) is 0.624. The summed E-state index contributed by atoms with van der Waals surface area (Å²) in [4.78, 5) is 18.5. The monoisotopic (exact) mass is 340 g/mol. The Kier molecular flexibility index (Phi) is 4.15. The van der Waals surface area contributed by atoms with E-state index in [1.165, 1.54) is 25.0 Å². The predicted octanol–water partition coefficient (Wildman–Crippen LogP) is 3.96. The van der Waals surface area contributed by atoms with E-state index in [-0.39, 0.29) is 6.61 Å². The summed E-state index contributed by atoms with van der Waals surface area (Å²) in [6.45, 7) is 1.82. The maximum Gasteiger partial charge on any atom is 0.342 e. The van der Waals surface area contributed by atoms with E-state index >= 15 is 0 Å². The molecule has 1 aliphatic heterocycles. The van der Waals surface area contributed by atoms with E-state index in [2.05, 4.69) is 4.98 Å². The molecule has 4 nitrogen and oxygen atoms in total. The normalized spacial score (nSPS) is 18.2. The summed E-state index contributed by atoms with van der Waals surface area (Å²) in [5, 5.41) is 0. The second-order valence-electron chi connectivity index (χ2n) is 7.05. The summed E-state index contributed by atoms with van der Waals surface area (Å²) in [6.07, 6.45) is 4.76. The molecule has 1 aliphatic carbocycles. The summed E-state index contributed by atoms with van der Waals surface area (Å²) < 4.78 is 19.1. The molecule has 130 valence electrons. The molecule has 2 fully saturated rings. The summed E-state index contributed by atoms with van der Waals surface area (Å²) in [5.41, 5.74) is 1.77. The number of carbonyl (C=O) groups excluding carboxylic acids is 1. The number of rotatable bonds is 4. The molecule has 0 bridgehead atoms. The van der Waals surface area contributed by atoms with E-state index < -0.39 is 11.9 Å². The van der Waals surface area contributed by atoms with Crippen LogP contribution in [0.3, 0.4) is 0 Å². The van der Waals surface area contributed by atoms with Crippen molar-refractivity contribution in [3.63, 3.8) is 0 Å².